The molecule has 0 radical (unpaired) electrons. The lowest BCUT2D eigenvalue weighted by Crippen LogP contribution is -1.93. The fourth-order valence-corrected chi connectivity index (χ4v) is 1.72. The highest BCUT2D eigenvalue weighted by Crippen LogP contribution is 2.17. The maximum absolute atomic E-state index is 10.7. The number of nitrogens with zero attached hydrogens (tertiary/aromatic N) is 1. The van der Waals surface area contributed by atoms with Gasteiger partial charge in [0.1, 0.15) is 5.82 Å². The van der Waals surface area contributed by atoms with E-state index in [0.29, 0.717) is 11.6 Å². The summed E-state index contributed by atoms with van der Waals surface area (Å²) >= 11 is 4.58. The first kappa shape index (κ1) is 12.3. The van der Waals surface area contributed by atoms with Gasteiger partial charge in [0, 0.05) is 28.9 Å². The van der Waals surface area contributed by atoms with Crippen LogP contribution in [-0.2, 0) is 4.79 Å². The molecule has 0 saturated carbocycles. The van der Waals surface area contributed by atoms with E-state index in [-0.39, 0.29) is 5.12 Å². The van der Waals surface area contributed by atoms with Crippen molar-refractivity contribution in [3.05, 3.63) is 28.4 Å². The Labute approximate surface area is 101 Å². The summed E-state index contributed by atoms with van der Waals surface area (Å²) in [6, 6.07) is 1.89. The number of nitrogen functional groups attached to an aromatic ring is 1. The predicted molar refractivity (Wildman–Crippen MR) is 68.5 cm³/mol. The zero-order valence-electron chi connectivity index (χ0n) is 8.24. The minimum Gasteiger partial charge on any atom is -0.383 e. The molecule has 1 aromatic heterocycles. The van der Waals surface area contributed by atoms with E-state index in [0.717, 1.165) is 10.0 Å². The van der Waals surface area contributed by atoms with Crippen LogP contribution in [0.2, 0.25) is 0 Å². The summed E-state index contributed by atoms with van der Waals surface area (Å²) in [5, 5.41) is 0.111. The summed E-state index contributed by atoms with van der Waals surface area (Å²) in [5.41, 5.74) is 6.53. The molecule has 0 bridgehead atoms. The average molecular weight is 287 g/mol. The smallest absolute Gasteiger partial charge is 0.186 e. The number of hydrogen-bond donors (Lipinski definition) is 1. The van der Waals surface area contributed by atoms with Gasteiger partial charge in [-0.05, 0) is 22.0 Å². The van der Waals surface area contributed by atoms with Crippen LogP contribution in [0.5, 0.6) is 0 Å². The molecule has 0 unspecified atom stereocenters. The normalized spacial score (nSPS) is 10.8. The van der Waals surface area contributed by atoms with Crippen LogP contribution in [0.1, 0.15) is 12.5 Å². The van der Waals surface area contributed by atoms with Crippen molar-refractivity contribution in [2.75, 3.05) is 11.5 Å². The van der Waals surface area contributed by atoms with E-state index in [2.05, 4.69) is 20.9 Å². The third-order valence-corrected chi connectivity index (χ3v) is 2.80. The molecule has 1 rings (SSSR count). The van der Waals surface area contributed by atoms with Crippen LogP contribution < -0.4 is 5.73 Å². The van der Waals surface area contributed by atoms with Gasteiger partial charge in [-0.3, -0.25) is 4.79 Å². The maximum atomic E-state index is 10.7. The topological polar surface area (TPSA) is 56.0 Å². The number of carbonyl (C=O) groups is 1. The fourth-order valence-electron chi connectivity index (χ4n) is 0.940. The summed E-state index contributed by atoms with van der Waals surface area (Å²) in [4.78, 5) is 14.7. The molecule has 0 atom stereocenters. The van der Waals surface area contributed by atoms with E-state index in [4.69, 9.17) is 5.73 Å². The van der Waals surface area contributed by atoms with Crippen LogP contribution in [0.15, 0.2) is 22.8 Å². The molecule has 15 heavy (non-hydrogen) atoms. The van der Waals surface area contributed by atoms with Gasteiger partial charge < -0.3 is 5.73 Å². The summed E-state index contributed by atoms with van der Waals surface area (Å²) in [6.45, 7) is 1.55. The first-order valence-electron chi connectivity index (χ1n) is 4.30. The lowest BCUT2D eigenvalue weighted by molar-refractivity contribution is -0.109. The number of anilines is 1. The zero-order chi connectivity index (χ0) is 11.3. The SMILES string of the molecule is CC(=O)SCC=Cc1cc(Br)cnc1N. The molecule has 0 aliphatic carbocycles. The molecule has 3 nitrogen and oxygen atoms in total. The van der Waals surface area contributed by atoms with Crippen LogP contribution >= 0.6 is 27.7 Å². The van der Waals surface area contributed by atoms with Gasteiger partial charge in [-0.2, -0.15) is 0 Å². The number of aromatic nitrogens is 1. The van der Waals surface area contributed by atoms with Crippen LogP contribution in [0.3, 0.4) is 0 Å². The van der Waals surface area contributed by atoms with E-state index in [1.54, 1.807) is 13.1 Å². The summed E-state index contributed by atoms with van der Waals surface area (Å²) < 4.78 is 0.885. The Morgan fingerprint density at radius 1 is 1.73 bits per heavy atom. The summed E-state index contributed by atoms with van der Waals surface area (Å²) in [6.07, 6.45) is 5.41. The van der Waals surface area contributed by atoms with Gasteiger partial charge in [0.2, 0.25) is 0 Å². The number of carbonyl (C=O) groups excluding carboxylic acids is 1. The molecular weight excluding hydrogens is 276 g/mol. The molecule has 1 aromatic rings. The van der Waals surface area contributed by atoms with Crippen LogP contribution in [-0.4, -0.2) is 15.9 Å². The van der Waals surface area contributed by atoms with Crippen molar-refractivity contribution in [1.82, 2.24) is 4.98 Å². The predicted octanol–water partition coefficient (Wildman–Crippen LogP) is 2.72. The molecular formula is C10H11BrN2OS. The van der Waals surface area contributed by atoms with Crippen molar-refractivity contribution in [2.24, 2.45) is 0 Å². The van der Waals surface area contributed by atoms with E-state index < -0.39 is 0 Å². The Hall–Kier alpha value is -0.810. The zero-order valence-corrected chi connectivity index (χ0v) is 10.6. The van der Waals surface area contributed by atoms with Crippen molar-refractivity contribution in [2.45, 2.75) is 6.92 Å². The van der Waals surface area contributed by atoms with Crippen molar-refractivity contribution in [1.29, 1.82) is 0 Å². The number of pyridine rings is 1. The molecule has 0 fully saturated rings. The molecule has 2 N–H and O–H groups in total. The quantitative estimate of drug-likeness (QED) is 0.928. The second-order valence-electron chi connectivity index (χ2n) is 2.83. The highest BCUT2D eigenvalue weighted by atomic mass is 79.9. The van der Waals surface area contributed by atoms with E-state index >= 15 is 0 Å². The van der Waals surface area contributed by atoms with Crippen LogP contribution in [0, 0.1) is 0 Å². The first-order chi connectivity index (χ1) is 7.09. The number of nitrogens with two attached hydrogens (primary N) is 1. The third-order valence-electron chi connectivity index (χ3n) is 1.60. The Morgan fingerprint density at radius 3 is 3.13 bits per heavy atom. The highest BCUT2D eigenvalue weighted by molar-refractivity contribution is 9.10. The standard InChI is InChI=1S/C10H11BrN2OS/c1-7(14)15-4-2-3-8-5-9(11)6-13-10(8)12/h2-3,5-6H,4H2,1H3,(H2,12,13). The van der Waals surface area contributed by atoms with Crippen molar-refractivity contribution >= 4 is 44.7 Å². The Bertz CT molecular complexity index is 393. The van der Waals surface area contributed by atoms with E-state index in [1.807, 2.05) is 18.2 Å². The Kier molecular flexibility index (Phi) is 4.84. The third kappa shape index (κ3) is 4.48. The van der Waals surface area contributed by atoms with Gasteiger partial charge in [-0.1, -0.05) is 23.9 Å². The number of hydrogen-bond acceptors (Lipinski definition) is 4. The highest BCUT2D eigenvalue weighted by Gasteiger charge is 1.97. The molecule has 0 aliphatic heterocycles. The second kappa shape index (κ2) is 5.92. The molecule has 0 amide bonds. The molecule has 0 spiro atoms. The lowest BCUT2D eigenvalue weighted by Gasteiger charge is -1.99. The lowest BCUT2D eigenvalue weighted by atomic mass is 10.2. The molecule has 0 aromatic carbocycles. The minimum atomic E-state index is 0.111. The molecule has 5 heteroatoms. The molecule has 0 aliphatic rings. The average Bonchev–Trinajstić information content (AvgIpc) is 2.17. The fraction of sp³-hybridized carbons (Fsp3) is 0.200. The van der Waals surface area contributed by atoms with Gasteiger partial charge in [0.15, 0.2) is 5.12 Å². The van der Waals surface area contributed by atoms with Gasteiger partial charge in [0.25, 0.3) is 0 Å². The van der Waals surface area contributed by atoms with E-state index in [1.165, 1.54) is 11.8 Å². The molecule has 0 saturated heterocycles. The van der Waals surface area contributed by atoms with E-state index in [9.17, 15) is 4.79 Å². The van der Waals surface area contributed by atoms with Gasteiger partial charge >= 0.3 is 0 Å². The molecule has 1 heterocycles. The van der Waals surface area contributed by atoms with Crippen molar-refractivity contribution < 1.29 is 4.79 Å². The maximum Gasteiger partial charge on any atom is 0.186 e. The number of thioether (sulfide) groups is 1. The van der Waals surface area contributed by atoms with Gasteiger partial charge in [0.05, 0.1) is 0 Å². The minimum absolute atomic E-state index is 0.111. The summed E-state index contributed by atoms with van der Waals surface area (Å²) in [5.74, 6) is 1.14. The largest absolute Gasteiger partial charge is 0.383 e. The molecule has 80 valence electrons. The number of rotatable bonds is 3. The van der Waals surface area contributed by atoms with Crippen LogP contribution in [0.4, 0.5) is 5.82 Å². The number of halogens is 1. The first-order valence-corrected chi connectivity index (χ1v) is 6.08. The van der Waals surface area contributed by atoms with Gasteiger partial charge in [-0.15, -0.1) is 0 Å². The Balaban J connectivity index is 2.63. The van der Waals surface area contributed by atoms with Crippen molar-refractivity contribution in [3.63, 3.8) is 0 Å². The van der Waals surface area contributed by atoms with Crippen LogP contribution in [0.25, 0.3) is 6.08 Å². The Morgan fingerprint density at radius 2 is 2.47 bits per heavy atom. The van der Waals surface area contributed by atoms with Crippen molar-refractivity contribution in [3.8, 4) is 0 Å². The second-order valence-corrected chi connectivity index (χ2v) is 4.95. The summed E-state index contributed by atoms with van der Waals surface area (Å²) in [7, 11) is 0. The monoisotopic (exact) mass is 286 g/mol. The van der Waals surface area contributed by atoms with Gasteiger partial charge in [-0.25, -0.2) is 4.98 Å².